The largest absolute Gasteiger partial charge is 0.493 e. The van der Waals surface area contributed by atoms with Crippen molar-refractivity contribution in [3.05, 3.63) is 28.3 Å². The standard InChI is InChI=1S/C11H12F3N3O4/c1-20-8-3-2-6(17(18)19)4-9(8)21-5-7(10(15)16)11(12,13)14/h2-4,7H,5H2,1H3,(H3,15,16). The number of non-ortho nitro benzene ring substituents is 1. The minimum atomic E-state index is -4.75. The van der Waals surface area contributed by atoms with Gasteiger partial charge in [0.2, 0.25) is 0 Å². The zero-order valence-corrected chi connectivity index (χ0v) is 10.8. The molecule has 1 rings (SSSR count). The van der Waals surface area contributed by atoms with Crippen LogP contribution in [-0.4, -0.2) is 30.7 Å². The number of nitrogens with one attached hydrogen (secondary N) is 1. The topological polar surface area (TPSA) is 111 Å². The van der Waals surface area contributed by atoms with Crippen LogP contribution in [0.15, 0.2) is 18.2 Å². The van der Waals surface area contributed by atoms with E-state index in [0.717, 1.165) is 12.1 Å². The first-order chi connectivity index (χ1) is 9.66. The van der Waals surface area contributed by atoms with Gasteiger partial charge in [0, 0.05) is 6.07 Å². The van der Waals surface area contributed by atoms with Crippen LogP contribution >= 0.6 is 0 Å². The second kappa shape index (κ2) is 6.29. The molecule has 0 aliphatic rings. The Balaban J connectivity index is 2.98. The van der Waals surface area contributed by atoms with Crippen molar-refractivity contribution in [1.82, 2.24) is 0 Å². The van der Waals surface area contributed by atoms with Crippen LogP contribution in [0.1, 0.15) is 0 Å². The molecule has 7 nitrogen and oxygen atoms in total. The molecule has 1 atom stereocenters. The van der Waals surface area contributed by atoms with Gasteiger partial charge >= 0.3 is 6.18 Å². The van der Waals surface area contributed by atoms with Crippen LogP contribution < -0.4 is 15.2 Å². The smallest absolute Gasteiger partial charge is 0.401 e. The molecule has 21 heavy (non-hydrogen) atoms. The number of ether oxygens (including phenoxy) is 2. The normalized spacial score (nSPS) is 12.6. The average Bonchev–Trinajstić information content (AvgIpc) is 2.36. The summed E-state index contributed by atoms with van der Waals surface area (Å²) in [5, 5.41) is 17.6. The van der Waals surface area contributed by atoms with Crippen LogP contribution in [0.4, 0.5) is 18.9 Å². The number of benzene rings is 1. The Morgan fingerprint density at radius 1 is 1.48 bits per heavy atom. The Labute approximate surface area is 117 Å². The summed E-state index contributed by atoms with van der Waals surface area (Å²) in [6.07, 6.45) is -4.75. The second-order valence-corrected chi connectivity index (χ2v) is 3.95. The minimum Gasteiger partial charge on any atom is -0.493 e. The number of rotatable bonds is 6. The Morgan fingerprint density at radius 3 is 2.52 bits per heavy atom. The third-order valence-corrected chi connectivity index (χ3v) is 2.53. The summed E-state index contributed by atoms with van der Waals surface area (Å²) in [7, 11) is 1.24. The first-order valence-electron chi connectivity index (χ1n) is 5.52. The van der Waals surface area contributed by atoms with E-state index in [2.05, 4.69) is 0 Å². The Hall–Kier alpha value is -2.52. The van der Waals surface area contributed by atoms with Crippen molar-refractivity contribution in [2.75, 3.05) is 13.7 Å². The van der Waals surface area contributed by atoms with Crippen LogP contribution in [0.2, 0.25) is 0 Å². The molecule has 0 aromatic heterocycles. The molecule has 0 saturated carbocycles. The first kappa shape index (κ1) is 16.5. The summed E-state index contributed by atoms with van der Waals surface area (Å²) in [4.78, 5) is 9.91. The highest BCUT2D eigenvalue weighted by molar-refractivity contribution is 5.80. The van der Waals surface area contributed by atoms with Gasteiger partial charge in [0.25, 0.3) is 5.69 Å². The molecule has 116 valence electrons. The van der Waals surface area contributed by atoms with Crippen LogP contribution in [0.3, 0.4) is 0 Å². The molecule has 0 aliphatic heterocycles. The quantitative estimate of drug-likeness (QED) is 0.362. The van der Waals surface area contributed by atoms with E-state index < -0.39 is 29.5 Å². The van der Waals surface area contributed by atoms with Crippen molar-refractivity contribution < 1.29 is 27.6 Å². The third kappa shape index (κ3) is 4.23. The van der Waals surface area contributed by atoms with Crippen molar-refractivity contribution in [2.24, 2.45) is 11.7 Å². The highest BCUT2D eigenvalue weighted by atomic mass is 19.4. The Bertz CT molecular complexity index is 548. The Morgan fingerprint density at radius 2 is 2.10 bits per heavy atom. The maximum absolute atomic E-state index is 12.6. The van der Waals surface area contributed by atoms with Crippen molar-refractivity contribution >= 4 is 11.5 Å². The van der Waals surface area contributed by atoms with Gasteiger partial charge in [-0.3, -0.25) is 15.5 Å². The lowest BCUT2D eigenvalue weighted by atomic mass is 10.1. The molecule has 1 unspecified atom stereocenters. The molecule has 0 heterocycles. The lowest BCUT2D eigenvalue weighted by Crippen LogP contribution is -2.39. The van der Waals surface area contributed by atoms with Crippen LogP contribution in [0.5, 0.6) is 11.5 Å². The molecule has 3 N–H and O–H groups in total. The lowest BCUT2D eigenvalue weighted by molar-refractivity contribution is -0.385. The zero-order valence-electron chi connectivity index (χ0n) is 10.8. The van der Waals surface area contributed by atoms with Crippen molar-refractivity contribution in [1.29, 1.82) is 5.41 Å². The first-order valence-corrected chi connectivity index (χ1v) is 5.52. The highest BCUT2D eigenvalue weighted by Crippen LogP contribution is 2.33. The molecule has 0 amide bonds. The number of amidine groups is 1. The summed E-state index contributed by atoms with van der Waals surface area (Å²) >= 11 is 0. The van der Waals surface area contributed by atoms with Crippen LogP contribution in [0, 0.1) is 21.4 Å². The molecular weight excluding hydrogens is 295 g/mol. The number of nitro groups is 1. The number of nitrogens with two attached hydrogens (primary N) is 1. The molecule has 1 aromatic carbocycles. The van der Waals surface area contributed by atoms with Crippen molar-refractivity contribution in [3.63, 3.8) is 0 Å². The lowest BCUT2D eigenvalue weighted by Gasteiger charge is -2.19. The number of hydrogen-bond donors (Lipinski definition) is 2. The van der Waals surface area contributed by atoms with E-state index in [9.17, 15) is 23.3 Å². The number of nitro benzene ring substituents is 1. The van der Waals surface area contributed by atoms with E-state index in [4.69, 9.17) is 20.6 Å². The zero-order chi connectivity index (χ0) is 16.2. The molecule has 0 radical (unpaired) electrons. The highest BCUT2D eigenvalue weighted by Gasteiger charge is 2.42. The molecule has 0 fully saturated rings. The van der Waals surface area contributed by atoms with E-state index in [-0.39, 0.29) is 17.2 Å². The molecule has 0 saturated heterocycles. The predicted octanol–water partition coefficient (Wildman–Crippen LogP) is 2.10. The number of nitrogens with zero attached hydrogens (tertiary/aromatic N) is 1. The maximum atomic E-state index is 12.6. The van der Waals surface area contributed by atoms with E-state index in [0.29, 0.717) is 0 Å². The fourth-order valence-corrected chi connectivity index (χ4v) is 1.43. The summed E-state index contributed by atoms with van der Waals surface area (Å²) in [5.41, 5.74) is 4.52. The van der Waals surface area contributed by atoms with Gasteiger partial charge in [0.1, 0.15) is 18.4 Å². The van der Waals surface area contributed by atoms with Gasteiger partial charge in [0.05, 0.1) is 18.1 Å². The number of hydrogen-bond acceptors (Lipinski definition) is 5. The summed E-state index contributed by atoms with van der Waals surface area (Å²) in [6, 6.07) is 3.26. The van der Waals surface area contributed by atoms with Gasteiger partial charge in [-0.25, -0.2) is 0 Å². The fraction of sp³-hybridized carbons (Fsp3) is 0.364. The van der Waals surface area contributed by atoms with E-state index in [1.54, 1.807) is 0 Å². The fourth-order valence-electron chi connectivity index (χ4n) is 1.43. The summed E-state index contributed by atoms with van der Waals surface area (Å²) in [5.74, 6) is -3.61. The molecule has 0 aliphatic carbocycles. The van der Waals surface area contributed by atoms with Gasteiger partial charge in [-0.05, 0) is 6.07 Å². The van der Waals surface area contributed by atoms with E-state index in [1.807, 2.05) is 0 Å². The van der Waals surface area contributed by atoms with Gasteiger partial charge in [0.15, 0.2) is 11.5 Å². The van der Waals surface area contributed by atoms with Crippen LogP contribution in [0.25, 0.3) is 0 Å². The maximum Gasteiger partial charge on any atom is 0.401 e. The Kier molecular flexibility index (Phi) is 4.95. The molecule has 0 bridgehead atoms. The second-order valence-electron chi connectivity index (χ2n) is 3.95. The third-order valence-electron chi connectivity index (χ3n) is 2.53. The number of halogens is 3. The molecule has 1 aromatic rings. The number of methoxy groups -OCH3 is 1. The van der Waals surface area contributed by atoms with Gasteiger partial charge in [-0.2, -0.15) is 13.2 Å². The molecule has 0 spiro atoms. The van der Waals surface area contributed by atoms with Crippen molar-refractivity contribution in [3.8, 4) is 11.5 Å². The van der Waals surface area contributed by atoms with E-state index in [1.165, 1.54) is 13.2 Å². The monoisotopic (exact) mass is 307 g/mol. The summed E-state index contributed by atoms with van der Waals surface area (Å²) < 4.78 is 47.6. The summed E-state index contributed by atoms with van der Waals surface area (Å²) in [6.45, 7) is -0.976. The van der Waals surface area contributed by atoms with Gasteiger partial charge < -0.3 is 15.2 Å². The average molecular weight is 307 g/mol. The molecular formula is C11H12F3N3O4. The van der Waals surface area contributed by atoms with Gasteiger partial charge in [-0.1, -0.05) is 0 Å². The van der Waals surface area contributed by atoms with Gasteiger partial charge in [-0.15, -0.1) is 0 Å². The minimum absolute atomic E-state index is 0.0325. The SMILES string of the molecule is COc1ccc([N+](=O)[O-])cc1OCC(C(=N)N)C(F)(F)F. The van der Waals surface area contributed by atoms with E-state index >= 15 is 0 Å². The number of alkyl halides is 3. The van der Waals surface area contributed by atoms with Crippen molar-refractivity contribution in [2.45, 2.75) is 6.18 Å². The predicted molar refractivity (Wildman–Crippen MR) is 66.6 cm³/mol. The molecule has 10 heteroatoms. The van der Waals surface area contributed by atoms with Crippen LogP contribution in [-0.2, 0) is 0 Å².